The van der Waals surface area contributed by atoms with Gasteiger partial charge in [-0.3, -0.25) is 4.90 Å². The average molecular weight is 293 g/mol. The van der Waals surface area contributed by atoms with Crippen LogP contribution < -0.4 is 0 Å². The molecule has 108 valence electrons. The summed E-state index contributed by atoms with van der Waals surface area (Å²) in [7, 11) is 1.44. The minimum atomic E-state index is -2.45. The zero-order chi connectivity index (χ0) is 13.8. The Morgan fingerprint density at radius 3 is 1.61 bits per heavy atom. The Bertz CT molecular complexity index is 241. The van der Waals surface area contributed by atoms with E-state index >= 15 is 0 Å². The van der Waals surface area contributed by atoms with E-state index in [1.165, 1.54) is 0 Å². The van der Waals surface area contributed by atoms with Gasteiger partial charge in [-0.05, 0) is 0 Å². The van der Waals surface area contributed by atoms with Crippen LogP contribution in [0.3, 0.4) is 0 Å². The van der Waals surface area contributed by atoms with Gasteiger partial charge in [0.05, 0.1) is 6.17 Å². The van der Waals surface area contributed by atoms with Gasteiger partial charge in [0, 0.05) is 47.5 Å². The van der Waals surface area contributed by atoms with Gasteiger partial charge in [0.15, 0.2) is 0 Å². The van der Waals surface area contributed by atoms with Crippen LogP contribution in [0.2, 0.25) is 19.6 Å². The van der Waals surface area contributed by atoms with Crippen molar-refractivity contribution in [1.29, 1.82) is 0 Å². The molecule has 1 aliphatic heterocycles. The van der Waals surface area contributed by atoms with Crippen molar-refractivity contribution in [3.63, 3.8) is 0 Å². The fraction of sp³-hybridized carbons (Fsp3) is 1.00. The summed E-state index contributed by atoms with van der Waals surface area (Å²) >= 11 is 0. The van der Waals surface area contributed by atoms with Gasteiger partial charge in [-0.25, -0.2) is 0 Å². The summed E-state index contributed by atoms with van der Waals surface area (Å²) in [6, 6.07) is 0. The molecule has 18 heavy (non-hydrogen) atoms. The van der Waals surface area contributed by atoms with Crippen molar-refractivity contribution in [2.75, 3.05) is 53.7 Å². The Morgan fingerprint density at radius 2 is 1.28 bits per heavy atom. The van der Waals surface area contributed by atoms with Crippen LogP contribution in [0.5, 0.6) is 0 Å². The molecule has 0 unspecified atom stereocenters. The van der Waals surface area contributed by atoms with Gasteiger partial charge in [-0.1, -0.05) is 19.6 Å². The first kappa shape index (κ1) is 16.3. The molecule has 0 aromatic carbocycles. The lowest BCUT2D eigenvalue weighted by Crippen LogP contribution is -2.60. The lowest BCUT2D eigenvalue weighted by molar-refractivity contribution is 0.0931. The number of rotatable bonds is 6. The highest BCUT2D eigenvalue weighted by Crippen LogP contribution is 2.15. The highest BCUT2D eigenvalue weighted by Gasteiger charge is 2.41. The second-order valence-electron chi connectivity index (χ2n) is 5.73. The molecule has 0 aromatic heterocycles. The molecule has 1 fully saturated rings. The molecular weight excluding hydrogens is 264 g/mol. The van der Waals surface area contributed by atoms with Crippen LogP contribution in [-0.2, 0) is 13.3 Å². The average Bonchev–Trinajstić information content (AvgIpc) is 2.36. The summed E-state index contributed by atoms with van der Waals surface area (Å²) in [5.41, 5.74) is 0. The molecule has 0 aromatic rings. The van der Waals surface area contributed by atoms with Crippen molar-refractivity contribution < 1.29 is 13.3 Å². The molecule has 0 N–H and O–H groups in total. The van der Waals surface area contributed by atoms with Crippen LogP contribution in [-0.4, -0.2) is 80.2 Å². The largest absolute Gasteiger partial charge is 0.514 e. The first-order valence-corrected chi connectivity index (χ1v) is 11.9. The number of nitrogens with zero attached hydrogens (tertiary/aromatic N) is 2. The van der Waals surface area contributed by atoms with Crippen LogP contribution in [0.15, 0.2) is 0 Å². The van der Waals surface area contributed by atoms with Crippen molar-refractivity contribution in [2.24, 2.45) is 0 Å². The van der Waals surface area contributed by atoms with Crippen molar-refractivity contribution in [2.45, 2.75) is 19.6 Å². The number of hydrogen-bond acceptors (Lipinski definition) is 5. The summed E-state index contributed by atoms with van der Waals surface area (Å²) in [5.74, 6) is 0. The molecule has 0 radical (unpaired) electrons. The monoisotopic (exact) mass is 292 g/mol. The Kier molecular flexibility index (Phi) is 5.97. The maximum absolute atomic E-state index is 5.48. The third-order valence-corrected chi connectivity index (χ3v) is 8.72. The maximum atomic E-state index is 5.48. The third-order valence-electron chi connectivity index (χ3n) is 3.67. The maximum Gasteiger partial charge on any atom is 0.514 e. The minimum absolute atomic E-state index is 0.788. The lowest BCUT2D eigenvalue weighted by Gasteiger charge is -2.42. The summed E-state index contributed by atoms with van der Waals surface area (Å²) in [5, 5.41) is 0. The number of piperazine rings is 1. The molecule has 7 heteroatoms. The first-order valence-electron chi connectivity index (χ1n) is 6.50. The Morgan fingerprint density at radius 1 is 0.833 bits per heavy atom. The van der Waals surface area contributed by atoms with Crippen molar-refractivity contribution in [1.82, 2.24) is 9.47 Å². The molecule has 1 rings (SSSR count). The van der Waals surface area contributed by atoms with E-state index in [4.69, 9.17) is 13.3 Å². The van der Waals surface area contributed by atoms with Crippen LogP contribution >= 0.6 is 0 Å². The quantitative estimate of drug-likeness (QED) is 0.678. The Balaban J connectivity index is 2.48. The second-order valence-corrected chi connectivity index (χ2v) is 13.6. The zero-order valence-electron chi connectivity index (χ0n) is 12.7. The third kappa shape index (κ3) is 4.12. The predicted molar refractivity (Wildman–Crippen MR) is 78.1 cm³/mol. The van der Waals surface area contributed by atoms with Crippen molar-refractivity contribution in [3.05, 3.63) is 0 Å². The van der Waals surface area contributed by atoms with Crippen LogP contribution in [0.1, 0.15) is 0 Å². The molecule has 1 saturated heterocycles. The Labute approximate surface area is 113 Å². The standard InChI is InChI=1S/C11H28N2O3Si2/c1-14-18(15-2,16-3)11-12-7-9-13(10-8-12)17(4,5)6/h7-11H2,1-6H3. The molecule has 5 nitrogen and oxygen atoms in total. The van der Waals surface area contributed by atoms with Gasteiger partial charge in [0.25, 0.3) is 0 Å². The van der Waals surface area contributed by atoms with Crippen molar-refractivity contribution in [3.8, 4) is 0 Å². The molecule has 0 saturated carbocycles. The lowest BCUT2D eigenvalue weighted by atomic mass is 10.4. The molecule has 0 amide bonds. The van der Waals surface area contributed by atoms with Crippen LogP contribution in [0.4, 0.5) is 0 Å². The van der Waals surface area contributed by atoms with Crippen LogP contribution in [0, 0.1) is 0 Å². The molecule has 1 aliphatic rings. The fourth-order valence-electron chi connectivity index (χ4n) is 2.29. The Hall–Kier alpha value is 0.234. The predicted octanol–water partition coefficient (Wildman–Crippen LogP) is 0.856. The number of hydrogen-bond donors (Lipinski definition) is 0. The molecular formula is C11H28N2O3Si2. The van der Waals surface area contributed by atoms with E-state index in [0.717, 1.165) is 32.3 Å². The van der Waals surface area contributed by atoms with E-state index < -0.39 is 17.0 Å². The van der Waals surface area contributed by atoms with E-state index in [1.54, 1.807) is 21.3 Å². The molecule has 0 spiro atoms. The van der Waals surface area contributed by atoms with Gasteiger partial charge < -0.3 is 17.8 Å². The zero-order valence-corrected chi connectivity index (χ0v) is 14.7. The molecule has 0 aliphatic carbocycles. The molecule has 0 atom stereocenters. The van der Waals surface area contributed by atoms with E-state index in [-0.39, 0.29) is 0 Å². The summed E-state index contributed by atoms with van der Waals surface area (Å²) in [6.07, 6.45) is 0.788. The molecule has 1 heterocycles. The highest BCUT2D eigenvalue weighted by molar-refractivity contribution is 6.73. The van der Waals surface area contributed by atoms with Crippen molar-refractivity contribution >= 4 is 17.0 Å². The van der Waals surface area contributed by atoms with E-state index in [0.29, 0.717) is 0 Å². The van der Waals surface area contributed by atoms with Gasteiger partial charge in [0.2, 0.25) is 0 Å². The van der Waals surface area contributed by atoms with E-state index in [1.807, 2.05) is 0 Å². The van der Waals surface area contributed by atoms with Crippen LogP contribution in [0.25, 0.3) is 0 Å². The first-order chi connectivity index (χ1) is 8.37. The summed E-state index contributed by atoms with van der Waals surface area (Å²) in [6.45, 7) is 11.7. The minimum Gasteiger partial charge on any atom is -0.376 e. The second kappa shape index (κ2) is 6.60. The van der Waals surface area contributed by atoms with E-state index in [9.17, 15) is 0 Å². The highest BCUT2D eigenvalue weighted by atomic mass is 28.4. The van der Waals surface area contributed by atoms with Gasteiger partial charge in [0.1, 0.15) is 8.24 Å². The normalized spacial score (nSPS) is 20.3. The van der Waals surface area contributed by atoms with E-state index in [2.05, 4.69) is 29.1 Å². The van der Waals surface area contributed by atoms with Gasteiger partial charge in [-0.15, -0.1) is 0 Å². The smallest absolute Gasteiger partial charge is 0.376 e. The van der Waals surface area contributed by atoms with Gasteiger partial charge >= 0.3 is 8.80 Å². The topological polar surface area (TPSA) is 34.2 Å². The summed E-state index contributed by atoms with van der Waals surface area (Å²) < 4.78 is 19.1. The fourth-order valence-corrected chi connectivity index (χ4v) is 5.59. The summed E-state index contributed by atoms with van der Waals surface area (Å²) in [4.78, 5) is 2.40. The molecule has 0 bridgehead atoms. The SMILES string of the molecule is CO[Si](CN1CCN([Si](C)(C)C)CC1)(OC)OC. The van der Waals surface area contributed by atoms with Gasteiger partial charge in [-0.2, -0.15) is 0 Å².